The van der Waals surface area contributed by atoms with E-state index in [0.29, 0.717) is 57.1 Å². The van der Waals surface area contributed by atoms with E-state index in [4.69, 9.17) is 4.74 Å². The Balaban J connectivity index is 1.73. The molecule has 26 heavy (non-hydrogen) atoms. The Labute approximate surface area is 152 Å². The molecule has 140 valence electrons. The van der Waals surface area contributed by atoms with Crippen LogP contribution in [0.15, 0.2) is 12.1 Å². The molecule has 0 aliphatic carbocycles. The lowest BCUT2D eigenvalue weighted by Gasteiger charge is -2.32. The molecular weight excluding hydrogens is 336 g/mol. The van der Waals surface area contributed by atoms with Crippen LogP contribution in [0.25, 0.3) is 0 Å². The van der Waals surface area contributed by atoms with Gasteiger partial charge < -0.3 is 9.64 Å². The van der Waals surface area contributed by atoms with Crippen molar-refractivity contribution < 1.29 is 19.1 Å². The molecule has 2 aliphatic rings. The fourth-order valence-corrected chi connectivity index (χ4v) is 3.28. The third-order valence-electron chi connectivity index (χ3n) is 4.88. The number of amides is 2. The molecule has 0 radical (unpaired) electrons. The van der Waals surface area contributed by atoms with Gasteiger partial charge in [0, 0.05) is 44.3 Å². The standard InChI is InChI=1S/C18H24N4O4/c1-20-5-6-21(18(25)10-20)9-15-2-3-17(19-16(15)11-23)22(13-24)8-14-4-7-26-12-14/h2-3,11,13-14H,4-10,12H2,1H3. The van der Waals surface area contributed by atoms with Gasteiger partial charge in [-0.25, -0.2) is 4.98 Å². The van der Waals surface area contributed by atoms with Gasteiger partial charge in [-0.3, -0.25) is 24.2 Å². The number of hydrogen-bond donors (Lipinski definition) is 0. The van der Waals surface area contributed by atoms with Crippen LogP contribution in [-0.2, 0) is 20.9 Å². The molecule has 1 aromatic heterocycles. The number of nitrogens with zero attached hydrogens (tertiary/aromatic N) is 4. The third-order valence-corrected chi connectivity index (χ3v) is 4.88. The highest BCUT2D eigenvalue weighted by Gasteiger charge is 2.24. The number of carbonyl (C=O) groups is 3. The first-order valence-corrected chi connectivity index (χ1v) is 8.82. The van der Waals surface area contributed by atoms with Gasteiger partial charge in [0.25, 0.3) is 0 Å². The molecule has 0 spiro atoms. The van der Waals surface area contributed by atoms with Crippen molar-refractivity contribution >= 4 is 24.4 Å². The van der Waals surface area contributed by atoms with E-state index < -0.39 is 0 Å². The monoisotopic (exact) mass is 360 g/mol. The maximum atomic E-state index is 12.1. The molecule has 2 fully saturated rings. The fourth-order valence-electron chi connectivity index (χ4n) is 3.28. The summed E-state index contributed by atoms with van der Waals surface area (Å²) in [5, 5.41) is 0. The third kappa shape index (κ3) is 4.25. The summed E-state index contributed by atoms with van der Waals surface area (Å²) in [6, 6.07) is 3.51. The largest absolute Gasteiger partial charge is 0.381 e. The van der Waals surface area contributed by atoms with Crippen molar-refractivity contribution in [2.75, 3.05) is 51.3 Å². The summed E-state index contributed by atoms with van der Waals surface area (Å²) < 4.78 is 5.34. The van der Waals surface area contributed by atoms with Crippen LogP contribution in [0, 0.1) is 5.92 Å². The van der Waals surface area contributed by atoms with Crippen LogP contribution >= 0.6 is 0 Å². The molecule has 0 saturated carbocycles. The first kappa shape index (κ1) is 18.5. The number of ether oxygens (including phenoxy) is 1. The van der Waals surface area contributed by atoms with Gasteiger partial charge in [0.05, 0.1) is 13.2 Å². The number of rotatable bonds is 7. The van der Waals surface area contributed by atoms with Crippen molar-refractivity contribution in [2.45, 2.75) is 13.0 Å². The first-order valence-electron chi connectivity index (χ1n) is 8.82. The molecule has 3 rings (SSSR count). The van der Waals surface area contributed by atoms with E-state index in [0.717, 1.165) is 19.4 Å². The zero-order valence-corrected chi connectivity index (χ0v) is 15.0. The Kier molecular flexibility index (Phi) is 5.95. The molecule has 8 heteroatoms. The van der Waals surface area contributed by atoms with Crippen LogP contribution in [0.1, 0.15) is 22.5 Å². The Bertz CT molecular complexity index is 675. The quantitative estimate of drug-likeness (QED) is 0.645. The highest BCUT2D eigenvalue weighted by Crippen LogP contribution is 2.20. The molecule has 0 bridgehead atoms. The number of carbonyl (C=O) groups excluding carboxylic acids is 3. The average Bonchev–Trinajstić information content (AvgIpc) is 3.15. The minimum atomic E-state index is 0.0374. The van der Waals surface area contributed by atoms with Crippen LogP contribution in [0.4, 0.5) is 5.82 Å². The minimum absolute atomic E-state index is 0.0374. The summed E-state index contributed by atoms with van der Waals surface area (Å²) in [4.78, 5) is 44.7. The second-order valence-corrected chi connectivity index (χ2v) is 6.87. The fraction of sp³-hybridized carbons (Fsp3) is 0.556. The summed E-state index contributed by atoms with van der Waals surface area (Å²) in [6.07, 6.45) is 2.33. The SMILES string of the molecule is CN1CCN(Cc2ccc(N(C=O)CC3CCOC3)nc2C=O)C(=O)C1. The van der Waals surface area contributed by atoms with Gasteiger partial charge in [-0.2, -0.15) is 0 Å². The lowest BCUT2D eigenvalue weighted by Crippen LogP contribution is -2.48. The maximum Gasteiger partial charge on any atom is 0.237 e. The number of pyridine rings is 1. The average molecular weight is 360 g/mol. The molecule has 1 unspecified atom stereocenters. The summed E-state index contributed by atoms with van der Waals surface area (Å²) in [7, 11) is 1.91. The van der Waals surface area contributed by atoms with Gasteiger partial charge in [0.15, 0.2) is 6.29 Å². The van der Waals surface area contributed by atoms with E-state index in [2.05, 4.69) is 4.98 Å². The van der Waals surface area contributed by atoms with Gasteiger partial charge in [0.1, 0.15) is 11.5 Å². The molecule has 0 aromatic carbocycles. The minimum Gasteiger partial charge on any atom is -0.381 e. The summed E-state index contributed by atoms with van der Waals surface area (Å²) in [6.45, 7) is 4.02. The van der Waals surface area contributed by atoms with E-state index >= 15 is 0 Å². The highest BCUT2D eigenvalue weighted by atomic mass is 16.5. The van der Waals surface area contributed by atoms with Crippen LogP contribution in [0.5, 0.6) is 0 Å². The number of hydrogen-bond acceptors (Lipinski definition) is 6. The number of likely N-dealkylation sites (N-methyl/N-ethyl adjacent to an activating group) is 1. The lowest BCUT2D eigenvalue weighted by molar-refractivity contribution is -0.136. The van der Waals surface area contributed by atoms with Crippen molar-refractivity contribution in [3.63, 3.8) is 0 Å². The molecule has 3 heterocycles. The Morgan fingerprint density at radius 2 is 2.19 bits per heavy atom. The summed E-state index contributed by atoms with van der Waals surface area (Å²) in [5.41, 5.74) is 0.959. The maximum absolute atomic E-state index is 12.1. The van der Waals surface area contributed by atoms with Gasteiger partial charge >= 0.3 is 0 Å². The molecule has 1 atom stereocenters. The van der Waals surface area contributed by atoms with E-state index in [9.17, 15) is 14.4 Å². The van der Waals surface area contributed by atoms with Gasteiger partial charge in [-0.1, -0.05) is 6.07 Å². The van der Waals surface area contributed by atoms with Crippen LogP contribution in [-0.4, -0.2) is 79.8 Å². The smallest absolute Gasteiger partial charge is 0.237 e. The molecule has 2 saturated heterocycles. The second kappa shape index (κ2) is 8.37. The van der Waals surface area contributed by atoms with Gasteiger partial charge in [0.2, 0.25) is 12.3 Å². The molecule has 0 N–H and O–H groups in total. The van der Waals surface area contributed by atoms with Gasteiger partial charge in [-0.15, -0.1) is 0 Å². The van der Waals surface area contributed by atoms with E-state index in [1.165, 1.54) is 4.90 Å². The lowest BCUT2D eigenvalue weighted by atomic mass is 10.1. The van der Waals surface area contributed by atoms with Crippen molar-refractivity contribution in [1.82, 2.24) is 14.8 Å². The highest BCUT2D eigenvalue weighted by molar-refractivity contribution is 5.81. The van der Waals surface area contributed by atoms with E-state index in [-0.39, 0.29) is 17.5 Å². The summed E-state index contributed by atoms with van der Waals surface area (Å²) >= 11 is 0. The summed E-state index contributed by atoms with van der Waals surface area (Å²) in [5.74, 6) is 0.766. The Hall–Kier alpha value is -2.32. The topological polar surface area (TPSA) is 83.0 Å². The number of aldehydes is 1. The van der Waals surface area contributed by atoms with Crippen molar-refractivity contribution in [2.24, 2.45) is 5.92 Å². The Morgan fingerprint density at radius 3 is 2.85 bits per heavy atom. The van der Waals surface area contributed by atoms with Crippen LogP contribution in [0.2, 0.25) is 0 Å². The molecule has 2 amide bonds. The van der Waals surface area contributed by atoms with Crippen molar-refractivity contribution in [1.29, 1.82) is 0 Å². The normalized spacial score (nSPS) is 21.0. The number of piperazine rings is 1. The number of anilines is 1. The van der Waals surface area contributed by atoms with Crippen molar-refractivity contribution in [3.8, 4) is 0 Å². The Morgan fingerprint density at radius 1 is 1.35 bits per heavy atom. The zero-order chi connectivity index (χ0) is 18.5. The van der Waals surface area contributed by atoms with E-state index in [1.807, 2.05) is 11.9 Å². The molecule has 1 aromatic rings. The van der Waals surface area contributed by atoms with Gasteiger partial charge in [-0.05, 0) is 19.5 Å². The second-order valence-electron chi connectivity index (χ2n) is 6.87. The predicted octanol–water partition coefficient (Wildman–Crippen LogP) is 0.167. The number of aromatic nitrogens is 1. The van der Waals surface area contributed by atoms with Crippen LogP contribution < -0.4 is 4.90 Å². The van der Waals surface area contributed by atoms with E-state index in [1.54, 1.807) is 17.0 Å². The van der Waals surface area contributed by atoms with Crippen molar-refractivity contribution in [3.05, 3.63) is 23.4 Å². The first-order chi connectivity index (χ1) is 12.6. The predicted molar refractivity (Wildman–Crippen MR) is 94.9 cm³/mol. The molecule has 2 aliphatic heterocycles. The molecular formula is C18H24N4O4. The zero-order valence-electron chi connectivity index (χ0n) is 15.0. The molecule has 8 nitrogen and oxygen atoms in total. The van der Waals surface area contributed by atoms with Crippen LogP contribution in [0.3, 0.4) is 0 Å².